The molecule has 0 radical (unpaired) electrons. The predicted molar refractivity (Wildman–Crippen MR) is 134 cm³/mol. The Kier molecular flexibility index (Phi) is 6.96. The average molecular weight is 446 g/mol. The standard InChI is InChI=1S/C28H35N3O2/c1-5-25(30(18-19(2)3)27(32)21-12-6-7-13-21)26-29-24-16-9-8-15-23(24)28(33)31(26)22-14-10-11-20(4)17-22/h8-11,14-17,19,21,25H,5-7,12-13,18H2,1-4H3. The zero-order valence-electron chi connectivity index (χ0n) is 20.3. The smallest absolute Gasteiger partial charge is 0.266 e. The molecular weight excluding hydrogens is 410 g/mol. The molecule has 0 N–H and O–H groups in total. The Hall–Kier alpha value is -2.95. The average Bonchev–Trinajstić information content (AvgIpc) is 3.33. The van der Waals surface area contributed by atoms with Gasteiger partial charge in [0.05, 0.1) is 22.6 Å². The van der Waals surface area contributed by atoms with Gasteiger partial charge >= 0.3 is 0 Å². The van der Waals surface area contributed by atoms with E-state index in [1.807, 2.05) is 60.4 Å². The van der Waals surface area contributed by atoms with Crippen molar-refractivity contribution in [1.82, 2.24) is 14.5 Å². The molecule has 1 aliphatic carbocycles. The van der Waals surface area contributed by atoms with Gasteiger partial charge in [0.25, 0.3) is 5.56 Å². The van der Waals surface area contributed by atoms with Crippen LogP contribution in [0.3, 0.4) is 0 Å². The Morgan fingerprint density at radius 1 is 1.12 bits per heavy atom. The summed E-state index contributed by atoms with van der Waals surface area (Å²) in [6.45, 7) is 9.05. The molecule has 0 aliphatic heterocycles. The number of carbonyl (C=O) groups excluding carboxylic acids is 1. The first-order valence-electron chi connectivity index (χ1n) is 12.3. The van der Waals surface area contributed by atoms with Gasteiger partial charge in [-0.3, -0.25) is 14.2 Å². The zero-order chi connectivity index (χ0) is 23.5. The van der Waals surface area contributed by atoms with Crippen molar-refractivity contribution in [3.05, 3.63) is 70.3 Å². The Morgan fingerprint density at radius 3 is 2.52 bits per heavy atom. The van der Waals surface area contributed by atoms with Gasteiger partial charge in [-0.2, -0.15) is 0 Å². The van der Waals surface area contributed by atoms with Crippen LogP contribution in [0.25, 0.3) is 16.6 Å². The van der Waals surface area contributed by atoms with Crippen LogP contribution in [-0.4, -0.2) is 26.9 Å². The molecule has 1 fully saturated rings. The van der Waals surface area contributed by atoms with E-state index in [1.54, 1.807) is 4.57 Å². The van der Waals surface area contributed by atoms with Crippen molar-refractivity contribution in [2.24, 2.45) is 11.8 Å². The van der Waals surface area contributed by atoms with Crippen LogP contribution in [0.5, 0.6) is 0 Å². The molecule has 1 saturated carbocycles. The summed E-state index contributed by atoms with van der Waals surface area (Å²) in [4.78, 5) is 34.5. The maximum atomic E-state index is 13.8. The van der Waals surface area contributed by atoms with Gasteiger partial charge in [-0.05, 0) is 61.9 Å². The van der Waals surface area contributed by atoms with Crippen LogP contribution in [0.2, 0.25) is 0 Å². The highest BCUT2D eigenvalue weighted by Gasteiger charge is 2.34. The number of fused-ring (bicyclic) bond motifs is 1. The van der Waals surface area contributed by atoms with Crippen molar-refractivity contribution >= 4 is 16.8 Å². The molecule has 174 valence electrons. The molecule has 5 heteroatoms. The topological polar surface area (TPSA) is 55.2 Å². The van der Waals surface area contributed by atoms with Gasteiger partial charge in [-0.25, -0.2) is 4.98 Å². The Bertz CT molecular complexity index is 1190. The highest BCUT2D eigenvalue weighted by atomic mass is 16.2. The zero-order valence-corrected chi connectivity index (χ0v) is 20.3. The van der Waals surface area contributed by atoms with Crippen LogP contribution in [0.15, 0.2) is 53.3 Å². The van der Waals surface area contributed by atoms with E-state index in [2.05, 4.69) is 20.8 Å². The summed E-state index contributed by atoms with van der Waals surface area (Å²) in [6.07, 6.45) is 4.84. The second-order valence-electron chi connectivity index (χ2n) is 9.76. The number of hydrogen-bond acceptors (Lipinski definition) is 3. The van der Waals surface area contributed by atoms with Crippen LogP contribution in [0.4, 0.5) is 0 Å². The number of hydrogen-bond donors (Lipinski definition) is 0. The van der Waals surface area contributed by atoms with Gasteiger partial charge in [-0.15, -0.1) is 0 Å². The summed E-state index contributed by atoms with van der Waals surface area (Å²) in [6, 6.07) is 15.2. The highest BCUT2D eigenvalue weighted by Crippen LogP contribution is 2.33. The highest BCUT2D eigenvalue weighted by molar-refractivity contribution is 5.80. The normalized spacial score (nSPS) is 15.3. The number of nitrogens with zero attached hydrogens (tertiary/aromatic N) is 3. The van der Waals surface area contributed by atoms with Crippen molar-refractivity contribution in [2.75, 3.05) is 6.54 Å². The molecule has 1 heterocycles. The van der Waals surface area contributed by atoms with Gasteiger partial charge in [0.1, 0.15) is 5.82 Å². The van der Waals surface area contributed by atoms with Gasteiger partial charge in [0.2, 0.25) is 5.91 Å². The first-order valence-corrected chi connectivity index (χ1v) is 12.3. The lowest BCUT2D eigenvalue weighted by Gasteiger charge is -2.35. The first kappa shape index (κ1) is 23.2. The van der Waals surface area contributed by atoms with Gasteiger partial charge in [0, 0.05) is 12.5 Å². The molecule has 3 aromatic rings. The largest absolute Gasteiger partial charge is 0.332 e. The van der Waals surface area contributed by atoms with Gasteiger partial charge in [-0.1, -0.05) is 57.9 Å². The van der Waals surface area contributed by atoms with Gasteiger partial charge < -0.3 is 4.90 Å². The summed E-state index contributed by atoms with van der Waals surface area (Å²) in [5.41, 5.74) is 2.47. The summed E-state index contributed by atoms with van der Waals surface area (Å²) in [5, 5.41) is 0.593. The van der Waals surface area contributed by atoms with E-state index in [9.17, 15) is 9.59 Å². The molecule has 5 nitrogen and oxygen atoms in total. The Labute approximate surface area is 196 Å². The van der Waals surface area contributed by atoms with Crippen LogP contribution >= 0.6 is 0 Å². The second-order valence-corrected chi connectivity index (χ2v) is 9.76. The third kappa shape index (κ3) is 4.73. The van der Waals surface area contributed by atoms with Crippen molar-refractivity contribution < 1.29 is 4.79 Å². The molecule has 0 saturated heterocycles. The van der Waals surface area contributed by atoms with Crippen molar-refractivity contribution in [3.8, 4) is 5.69 Å². The van der Waals surface area contributed by atoms with E-state index < -0.39 is 0 Å². The SMILES string of the molecule is CCC(c1nc2ccccc2c(=O)n1-c1cccc(C)c1)N(CC(C)C)C(=O)C1CCCC1. The number of rotatable bonds is 7. The third-order valence-corrected chi connectivity index (χ3v) is 6.67. The third-order valence-electron chi connectivity index (χ3n) is 6.67. The minimum absolute atomic E-state index is 0.0809. The Morgan fingerprint density at radius 2 is 1.85 bits per heavy atom. The number of benzene rings is 2. The van der Waals surface area contributed by atoms with Crippen molar-refractivity contribution in [3.63, 3.8) is 0 Å². The fourth-order valence-corrected chi connectivity index (χ4v) is 5.10. The molecule has 1 aromatic heterocycles. The van der Waals surface area contributed by atoms with Gasteiger partial charge in [0.15, 0.2) is 0 Å². The number of aryl methyl sites for hydroxylation is 1. The number of amides is 1. The maximum Gasteiger partial charge on any atom is 0.266 e. The molecule has 1 aliphatic rings. The molecule has 33 heavy (non-hydrogen) atoms. The van der Waals surface area contributed by atoms with Crippen molar-refractivity contribution in [2.45, 2.75) is 65.8 Å². The molecule has 1 unspecified atom stereocenters. The summed E-state index contributed by atoms with van der Waals surface area (Å²) >= 11 is 0. The van der Waals surface area contributed by atoms with Crippen molar-refractivity contribution in [1.29, 1.82) is 0 Å². The molecule has 0 bridgehead atoms. The number of aromatic nitrogens is 2. The summed E-state index contributed by atoms with van der Waals surface area (Å²) in [7, 11) is 0. The fraction of sp³-hybridized carbons (Fsp3) is 0.464. The van der Waals surface area contributed by atoms with E-state index in [4.69, 9.17) is 4.98 Å². The van der Waals surface area contributed by atoms with Crippen LogP contribution < -0.4 is 5.56 Å². The number of carbonyl (C=O) groups is 1. The lowest BCUT2D eigenvalue weighted by molar-refractivity contribution is -0.139. The second kappa shape index (κ2) is 9.90. The monoisotopic (exact) mass is 445 g/mol. The summed E-state index contributed by atoms with van der Waals surface area (Å²) in [5.74, 6) is 1.27. The van der Waals surface area contributed by atoms with E-state index >= 15 is 0 Å². The molecular formula is C28H35N3O2. The Balaban J connectivity index is 1.93. The lowest BCUT2D eigenvalue weighted by Crippen LogP contribution is -2.42. The quantitative estimate of drug-likeness (QED) is 0.460. The van der Waals surface area contributed by atoms with Crippen LogP contribution in [0.1, 0.15) is 70.3 Å². The van der Waals surface area contributed by atoms with E-state index in [0.29, 0.717) is 35.6 Å². The minimum atomic E-state index is -0.265. The molecule has 1 amide bonds. The van der Waals surface area contributed by atoms with Crippen LogP contribution in [-0.2, 0) is 4.79 Å². The van der Waals surface area contributed by atoms with Crippen LogP contribution in [0, 0.1) is 18.8 Å². The lowest BCUT2D eigenvalue weighted by atomic mass is 10.0. The molecule has 2 aromatic carbocycles. The molecule has 4 rings (SSSR count). The van der Waals surface area contributed by atoms with E-state index in [-0.39, 0.29) is 23.4 Å². The van der Waals surface area contributed by atoms with E-state index in [1.165, 1.54) is 0 Å². The van der Waals surface area contributed by atoms with E-state index in [0.717, 1.165) is 36.9 Å². The fourth-order valence-electron chi connectivity index (χ4n) is 5.10. The summed E-state index contributed by atoms with van der Waals surface area (Å²) < 4.78 is 1.73. The predicted octanol–water partition coefficient (Wildman–Crippen LogP) is 5.82. The minimum Gasteiger partial charge on any atom is -0.332 e. The first-order chi connectivity index (χ1) is 15.9. The molecule has 1 atom stereocenters. The molecule has 0 spiro atoms. The number of para-hydroxylation sites is 1. The maximum absolute atomic E-state index is 13.8.